The fourth-order valence-corrected chi connectivity index (χ4v) is 6.94. The Morgan fingerprint density at radius 1 is 0.833 bits per heavy atom. The van der Waals surface area contributed by atoms with Gasteiger partial charge in [-0.2, -0.15) is 0 Å². The molecule has 12 heteroatoms. The van der Waals surface area contributed by atoms with E-state index in [4.69, 9.17) is 18.9 Å². The van der Waals surface area contributed by atoms with Crippen molar-refractivity contribution in [2.75, 3.05) is 0 Å². The number of aliphatic hydroxyl groups excluding tert-OH is 1. The van der Waals surface area contributed by atoms with Gasteiger partial charge in [0.05, 0.1) is 18.1 Å². The summed E-state index contributed by atoms with van der Waals surface area (Å²) >= 11 is 0. The van der Waals surface area contributed by atoms with Crippen LogP contribution in [0.1, 0.15) is 34.8 Å². The molecular weight excluding hydrogens is 552 g/mol. The van der Waals surface area contributed by atoms with E-state index in [2.05, 4.69) is 0 Å². The lowest BCUT2D eigenvalue weighted by molar-refractivity contribution is -0.290. The molecule has 1 fully saturated rings. The van der Waals surface area contributed by atoms with Crippen LogP contribution in [-0.2, 0) is 22.4 Å². The number of aromatic hydroxyl groups is 5. The summed E-state index contributed by atoms with van der Waals surface area (Å²) in [5.74, 6) is -3.95. The number of hydrogen-bond acceptors (Lipinski definition) is 12. The molecule has 4 aliphatic heterocycles. The zero-order valence-electron chi connectivity index (χ0n) is 21.6. The minimum absolute atomic E-state index is 0.0366. The van der Waals surface area contributed by atoms with Gasteiger partial charge in [-0.15, -0.1) is 0 Å². The van der Waals surface area contributed by atoms with E-state index in [1.165, 1.54) is 36.4 Å². The van der Waals surface area contributed by atoms with Crippen molar-refractivity contribution >= 4 is 11.4 Å². The zero-order valence-corrected chi connectivity index (χ0v) is 21.6. The summed E-state index contributed by atoms with van der Waals surface area (Å²) in [4.78, 5) is 13.3. The van der Waals surface area contributed by atoms with E-state index < -0.39 is 47.3 Å². The van der Waals surface area contributed by atoms with Crippen molar-refractivity contribution in [1.82, 2.24) is 0 Å². The Morgan fingerprint density at radius 3 is 2.40 bits per heavy atom. The third-order valence-electron chi connectivity index (χ3n) is 8.81. The summed E-state index contributed by atoms with van der Waals surface area (Å²) in [5.41, 5.74) is 0.0962. The Kier molecular flexibility index (Phi) is 4.78. The molecule has 3 aromatic rings. The Labute approximate surface area is 236 Å². The summed E-state index contributed by atoms with van der Waals surface area (Å²) in [5, 5.41) is 73.6. The van der Waals surface area contributed by atoms with E-state index in [9.17, 15) is 40.5 Å². The van der Waals surface area contributed by atoms with E-state index >= 15 is 0 Å². The lowest BCUT2D eigenvalue weighted by Crippen LogP contribution is -2.70. The van der Waals surface area contributed by atoms with Gasteiger partial charge in [-0.05, 0) is 23.8 Å². The van der Waals surface area contributed by atoms with Gasteiger partial charge in [0, 0.05) is 47.7 Å². The molecule has 3 aromatic carbocycles. The summed E-state index contributed by atoms with van der Waals surface area (Å²) in [6.07, 6.45) is -3.23. The first-order chi connectivity index (χ1) is 20.0. The topological polar surface area (TPSA) is 196 Å². The molecule has 1 aliphatic carbocycles. The molecule has 2 bridgehead atoms. The number of fused-ring (bicyclic) bond motifs is 7. The molecule has 0 aromatic heterocycles. The highest BCUT2D eigenvalue weighted by molar-refractivity contribution is 6.08. The van der Waals surface area contributed by atoms with Gasteiger partial charge in [-0.3, -0.25) is 4.79 Å². The Hall–Kier alpha value is -4.65. The molecule has 4 heterocycles. The minimum atomic E-state index is -2.26. The van der Waals surface area contributed by atoms with Crippen LogP contribution in [0.15, 0.2) is 42.5 Å². The SMILES string of the molecule is O=C1C=C2c3c(cc(O)c4c3O[C@H](c3ccc(O)c(O)c3)[C@@H](O)C4)OC23CC1(O)O[C@@H]1Cc2c(O)cc(O)cc2OC13. The lowest BCUT2D eigenvalue weighted by atomic mass is 9.69. The molecule has 3 unspecified atom stereocenters. The molecule has 7 N–H and O–H groups in total. The average Bonchev–Trinajstić information content (AvgIpc) is 3.22. The second kappa shape index (κ2) is 8.00. The molecular formula is C30H24O12. The van der Waals surface area contributed by atoms with Crippen molar-refractivity contribution in [3.05, 3.63) is 64.7 Å². The quantitative estimate of drug-likeness (QED) is 0.208. The zero-order chi connectivity index (χ0) is 29.3. The van der Waals surface area contributed by atoms with Crippen LogP contribution >= 0.6 is 0 Å². The van der Waals surface area contributed by atoms with E-state index in [0.717, 1.165) is 6.07 Å². The minimum Gasteiger partial charge on any atom is -0.508 e. The Morgan fingerprint density at radius 2 is 1.62 bits per heavy atom. The summed E-state index contributed by atoms with van der Waals surface area (Å²) in [6.45, 7) is 0. The van der Waals surface area contributed by atoms with Crippen molar-refractivity contribution in [2.24, 2.45) is 0 Å². The third-order valence-corrected chi connectivity index (χ3v) is 8.81. The van der Waals surface area contributed by atoms with Crippen LogP contribution in [0.5, 0.6) is 46.0 Å². The highest BCUT2D eigenvalue weighted by Crippen LogP contribution is 2.62. The number of phenolic OH excluding ortho intramolecular Hbond substituents is 5. The van der Waals surface area contributed by atoms with Crippen molar-refractivity contribution in [1.29, 1.82) is 0 Å². The fourth-order valence-electron chi connectivity index (χ4n) is 6.94. The van der Waals surface area contributed by atoms with Crippen LogP contribution in [0.4, 0.5) is 0 Å². The first-order valence-electron chi connectivity index (χ1n) is 13.3. The highest BCUT2D eigenvalue weighted by Gasteiger charge is 2.69. The molecule has 0 amide bonds. The normalized spacial score (nSPS) is 31.7. The molecule has 5 aliphatic rings. The number of carbonyl (C=O) groups excluding carboxylic acids is 1. The molecule has 1 saturated heterocycles. The maximum atomic E-state index is 13.3. The van der Waals surface area contributed by atoms with Crippen LogP contribution < -0.4 is 14.2 Å². The highest BCUT2D eigenvalue weighted by atomic mass is 16.7. The predicted molar refractivity (Wildman–Crippen MR) is 140 cm³/mol. The molecule has 0 radical (unpaired) electrons. The van der Waals surface area contributed by atoms with Crippen molar-refractivity contribution in [3.63, 3.8) is 0 Å². The van der Waals surface area contributed by atoms with Crippen LogP contribution in [0.2, 0.25) is 0 Å². The van der Waals surface area contributed by atoms with Gasteiger partial charge >= 0.3 is 0 Å². The van der Waals surface area contributed by atoms with Gasteiger partial charge in [0.15, 0.2) is 23.2 Å². The van der Waals surface area contributed by atoms with E-state index in [1.54, 1.807) is 0 Å². The van der Waals surface area contributed by atoms with E-state index in [1.807, 2.05) is 0 Å². The fraction of sp³-hybridized carbons (Fsp3) is 0.300. The average molecular weight is 577 g/mol. The van der Waals surface area contributed by atoms with Gasteiger partial charge in [0.25, 0.3) is 0 Å². The largest absolute Gasteiger partial charge is 0.508 e. The number of rotatable bonds is 1. The van der Waals surface area contributed by atoms with E-state index in [0.29, 0.717) is 22.3 Å². The van der Waals surface area contributed by atoms with Gasteiger partial charge < -0.3 is 54.7 Å². The van der Waals surface area contributed by atoms with Crippen molar-refractivity contribution in [2.45, 2.75) is 55.1 Å². The van der Waals surface area contributed by atoms with Crippen LogP contribution in [0.3, 0.4) is 0 Å². The second-order valence-electron chi connectivity index (χ2n) is 11.4. The second-order valence-corrected chi connectivity index (χ2v) is 11.4. The van der Waals surface area contributed by atoms with Crippen LogP contribution in [0.25, 0.3) is 5.57 Å². The van der Waals surface area contributed by atoms with Crippen molar-refractivity contribution < 1.29 is 59.5 Å². The molecule has 8 rings (SSSR count). The molecule has 42 heavy (non-hydrogen) atoms. The van der Waals surface area contributed by atoms with Crippen LogP contribution in [0, 0.1) is 0 Å². The first kappa shape index (κ1) is 25.1. The number of benzene rings is 3. The van der Waals surface area contributed by atoms with Gasteiger partial charge in [-0.25, -0.2) is 0 Å². The standard InChI is InChI=1S/C30H24O12/c31-12-4-17(33)13-7-23-28(39-21(13)5-12)29-10-30(38,42-23)24(37)8-15(29)25-22(41-29)9-18(34)14-6-20(36)26(40-27(14)25)11-1-2-16(32)19(35)3-11/h1-5,8-9,20,23,26,28,31-36,38H,6-7,10H2/t20-,23+,26+,28?,29?,30?/m0/s1. The lowest BCUT2D eigenvalue weighted by Gasteiger charge is -2.53. The summed E-state index contributed by atoms with van der Waals surface area (Å²) in [6, 6.07) is 7.87. The first-order valence-corrected chi connectivity index (χ1v) is 13.3. The number of phenols is 5. The van der Waals surface area contributed by atoms with Gasteiger partial charge in [0.2, 0.25) is 11.6 Å². The third kappa shape index (κ3) is 3.19. The predicted octanol–water partition coefficient (Wildman–Crippen LogP) is 1.83. The number of hydrogen-bond donors (Lipinski definition) is 7. The number of ketones is 1. The maximum absolute atomic E-state index is 13.3. The maximum Gasteiger partial charge on any atom is 0.235 e. The number of carbonyl (C=O) groups is 1. The number of ether oxygens (including phenoxy) is 4. The molecule has 1 spiro atoms. The van der Waals surface area contributed by atoms with Gasteiger partial charge in [-0.1, -0.05) is 6.07 Å². The molecule has 6 atom stereocenters. The smallest absolute Gasteiger partial charge is 0.235 e. The molecule has 216 valence electrons. The summed E-state index contributed by atoms with van der Waals surface area (Å²) in [7, 11) is 0. The van der Waals surface area contributed by atoms with Gasteiger partial charge in [0.1, 0.15) is 46.7 Å². The monoisotopic (exact) mass is 576 g/mol. The Balaban J connectivity index is 1.28. The molecule has 12 nitrogen and oxygen atoms in total. The van der Waals surface area contributed by atoms with E-state index in [-0.39, 0.29) is 65.1 Å². The summed E-state index contributed by atoms with van der Waals surface area (Å²) < 4.78 is 24.9. The molecule has 0 saturated carbocycles. The number of aliphatic hydroxyl groups is 2. The van der Waals surface area contributed by atoms with Crippen LogP contribution in [-0.4, -0.2) is 71.2 Å². The van der Waals surface area contributed by atoms with Crippen molar-refractivity contribution in [3.8, 4) is 46.0 Å². The Bertz CT molecular complexity index is 1760.